The van der Waals surface area contributed by atoms with Gasteiger partial charge in [0.25, 0.3) is 0 Å². The van der Waals surface area contributed by atoms with E-state index in [0.717, 1.165) is 30.2 Å². The molecule has 18 heavy (non-hydrogen) atoms. The number of nitrogens with one attached hydrogen (secondary N) is 1. The summed E-state index contributed by atoms with van der Waals surface area (Å²) < 4.78 is 5.19. The van der Waals surface area contributed by atoms with Gasteiger partial charge in [0.1, 0.15) is 5.75 Å². The number of ether oxygens (including phenoxy) is 1. The van der Waals surface area contributed by atoms with Crippen LogP contribution in [0.2, 0.25) is 5.02 Å². The van der Waals surface area contributed by atoms with Crippen LogP contribution in [0.3, 0.4) is 0 Å². The van der Waals surface area contributed by atoms with Gasteiger partial charge < -0.3 is 10.1 Å². The topological polar surface area (TPSA) is 21.3 Å². The Balaban J connectivity index is 2.96. The number of benzene rings is 1. The molecule has 1 aromatic rings. The summed E-state index contributed by atoms with van der Waals surface area (Å²) in [5, 5.41) is 4.37. The summed E-state index contributed by atoms with van der Waals surface area (Å²) in [6.45, 7) is 7.66. The van der Waals surface area contributed by atoms with Crippen LogP contribution in [0.5, 0.6) is 5.75 Å². The van der Waals surface area contributed by atoms with Crippen LogP contribution >= 0.6 is 11.6 Å². The zero-order valence-corrected chi connectivity index (χ0v) is 12.6. The van der Waals surface area contributed by atoms with E-state index in [2.05, 4.69) is 32.2 Å². The molecule has 0 aromatic heterocycles. The lowest BCUT2D eigenvalue weighted by Crippen LogP contribution is -2.27. The van der Waals surface area contributed by atoms with Crippen LogP contribution in [-0.4, -0.2) is 13.7 Å². The molecular formula is C15H24ClNO. The van der Waals surface area contributed by atoms with Crippen molar-refractivity contribution in [2.45, 2.75) is 39.7 Å². The summed E-state index contributed by atoms with van der Waals surface area (Å²) in [6.07, 6.45) is 2.25. The molecule has 1 rings (SSSR count). The Morgan fingerprint density at radius 3 is 2.56 bits per heavy atom. The Bertz CT molecular complexity index is 368. The van der Waals surface area contributed by atoms with E-state index in [9.17, 15) is 0 Å². The standard InChI is InChI=1S/C15H24ClNO/c1-5-9-17-15(11(3)6-2)13-8-7-12(18-4)10-14(13)16/h7-8,10-11,15,17H,5-6,9H2,1-4H3. The molecule has 0 amide bonds. The second-order valence-corrected chi connectivity index (χ2v) is 5.11. The summed E-state index contributed by atoms with van der Waals surface area (Å²) in [5.74, 6) is 1.37. The first-order valence-electron chi connectivity index (χ1n) is 6.70. The summed E-state index contributed by atoms with van der Waals surface area (Å²) >= 11 is 6.36. The Hall–Kier alpha value is -0.730. The normalized spacial score (nSPS) is 14.3. The predicted octanol–water partition coefficient (Wildman–Crippen LogP) is 4.44. The molecule has 0 saturated heterocycles. The Labute approximate surface area is 116 Å². The molecule has 0 fully saturated rings. The van der Waals surface area contributed by atoms with Crippen LogP contribution in [0.15, 0.2) is 18.2 Å². The average Bonchev–Trinajstić information content (AvgIpc) is 2.39. The number of hydrogen-bond donors (Lipinski definition) is 1. The smallest absolute Gasteiger partial charge is 0.120 e. The minimum atomic E-state index is 0.313. The maximum Gasteiger partial charge on any atom is 0.120 e. The fraction of sp³-hybridized carbons (Fsp3) is 0.600. The van der Waals surface area contributed by atoms with Gasteiger partial charge in [-0.3, -0.25) is 0 Å². The molecule has 0 aliphatic heterocycles. The Kier molecular flexibility index (Phi) is 6.51. The van der Waals surface area contributed by atoms with Crippen molar-refractivity contribution in [3.8, 4) is 5.75 Å². The van der Waals surface area contributed by atoms with Crippen LogP contribution < -0.4 is 10.1 Å². The fourth-order valence-electron chi connectivity index (χ4n) is 2.04. The van der Waals surface area contributed by atoms with E-state index in [1.165, 1.54) is 5.56 Å². The lowest BCUT2D eigenvalue weighted by molar-refractivity contribution is 0.376. The molecular weight excluding hydrogens is 246 g/mol. The Morgan fingerprint density at radius 1 is 1.33 bits per heavy atom. The Morgan fingerprint density at radius 2 is 2.06 bits per heavy atom. The highest BCUT2D eigenvalue weighted by Crippen LogP contribution is 2.32. The van der Waals surface area contributed by atoms with E-state index in [4.69, 9.17) is 16.3 Å². The van der Waals surface area contributed by atoms with Crippen LogP contribution in [0, 0.1) is 5.92 Å². The molecule has 0 bridgehead atoms. The molecule has 0 aliphatic carbocycles. The quantitative estimate of drug-likeness (QED) is 0.790. The van der Waals surface area contributed by atoms with Crippen LogP contribution in [0.4, 0.5) is 0 Å². The first-order chi connectivity index (χ1) is 8.63. The van der Waals surface area contributed by atoms with Crippen LogP contribution in [0.1, 0.15) is 45.2 Å². The van der Waals surface area contributed by atoms with E-state index >= 15 is 0 Å². The van der Waals surface area contributed by atoms with Gasteiger partial charge in [-0.1, -0.05) is 44.9 Å². The van der Waals surface area contributed by atoms with Gasteiger partial charge in [0, 0.05) is 11.1 Å². The fourth-order valence-corrected chi connectivity index (χ4v) is 2.33. The zero-order valence-electron chi connectivity index (χ0n) is 11.8. The molecule has 1 N–H and O–H groups in total. The van der Waals surface area contributed by atoms with Crippen molar-refractivity contribution < 1.29 is 4.74 Å². The molecule has 2 atom stereocenters. The highest BCUT2D eigenvalue weighted by molar-refractivity contribution is 6.31. The highest BCUT2D eigenvalue weighted by Gasteiger charge is 2.19. The van der Waals surface area contributed by atoms with E-state index < -0.39 is 0 Å². The molecule has 102 valence electrons. The molecule has 0 saturated carbocycles. The molecule has 2 nitrogen and oxygen atoms in total. The van der Waals surface area contributed by atoms with E-state index in [0.29, 0.717) is 12.0 Å². The van der Waals surface area contributed by atoms with Crippen molar-refractivity contribution in [1.82, 2.24) is 5.32 Å². The molecule has 0 aliphatic rings. The van der Waals surface area contributed by atoms with Crippen molar-refractivity contribution in [3.63, 3.8) is 0 Å². The highest BCUT2D eigenvalue weighted by atomic mass is 35.5. The largest absolute Gasteiger partial charge is 0.497 e. The van der Waals surface area contributed by atoms with Gasteiger partial charge in [0.05, 0.1) is 7.11 Å². The van der Waals surface area contributed by atoms with E-state index in [1.54, 1.807) is 7.11 Å². The second kappa shape index (κ2) is 7.65. The predicted molar refractivity (Wildman–Crippen MR) is 78.5 cm³/mol. The van der Waals surface area contributed by atoms with Crippen LogP contribution in [-0.2, 0) is 0 Å². The average molecular weight is 270 g/mol. The molecule has 0 heterocycles. The third-order valence-corrected chi connectivity index (χ3v) is 3.70. The molecule has 3 heteroatoms. The van der Waals surface area contributed by atoms with Gasteiger partial charge in [-0.05, 0) is 36.6 Å². The van der Waals surface area contributed by atoms with Crippen molar-refractivity contribution in [1.29, 1.82) is 0 Å². The maximum atomic E-state index is 6.36. The third kappa shape index (κ3) is 3.89. The first kappa shape index (κ1) is 15.3. The number of halogens is 1. The summed E-state index contributed by atoms with van der Waals surface area (Å²) in [7, 11) is 1.66. The number of rotatable bonds is 7. The summed E-state index contributed by atoms with van der Waals surface area (Å²) in [6, 6.07) is 6.25. The lowest BCUT2D eigenvalue weighted by atomic mass is 9.92. The molecule has 0 radical (unpaired) electrons. The van der Waals surface area contributed by atoms with Crippen LogP contribution in [0.25, 0.3) is 0 Å². The number of hydrogen-bond acceptors (Lipinski definition) is 2. The minimum absolute atomic E-state index is 0.313. The van der Waals surface area contributed by atoms with Crippen molar-refractivity contribution >= 4 is 11.6 Å². The van der Waals surface area contributed by atoms with Gasteiger partial charge >= 0.3 is 0 Å². The van der Waals surface area contributed by atoms with Gasteiger partial charge in [-0.15, -0.1) is 0 Å². The van der Waals surface area contributed by atoms with Gasteiger partial charge in [0.2, 0.25) is 0 Å². The van der Waals surface area contributed by atoms with Crippen molar-refractivity contribution in [2.75, 3.05) is 13.7 Å². The number of methoxy groups -OCH3 is 1. The van der Waals surface area contributed by atoms with Crippen molar-refractivity contribution in [2.24, 2.45) is 5.92 Å². The summed E-state index contributed by atoms with van der Waals surface area (Å²) in [4.78, 5) is 0. The van der Waals surface area contributed by atoms with E-state index in [-0.39, 0.29) is 0 Å². The lowest BCUT2D eigenvalue weighted by Gasteiger charge is -2.26. The molecule has 0 spiro atoms. The monoisotopic (exact) mass is 269 g/mol. The molecule has 2 unspecified atom stereocenters. The molecule has 1 aromatic carbocycles. The second-order valence-electron chi connectivity index (χ2n) is 4.70. The maximum absolute atomic E-state index is 6.36. The third-order valence-electron chi connectivity index (χ3n) is 3.37. The summed E-state index contributed by atoms with van der Waals surface area (Å²) in [5.41, 5.74) is 1.17. The minimum Gasteiger partial charge on any atom is -0.497 e. The van der Waals surface area contributed by atoms with Crippen molar-refractivity contribution in [3.05, 3.63) is 28.8 Å². The SMILES string of the molecule is CCCNC(c1ccc(OC)cc1Cl)C(C)CC. The zero-order chi connectivity index (χ0) is 13.5. The van der Waals surface area contributed by atoms with Gasteiger partial charge in [0.15, 0.2) is 0 Å². The van der Waals surface area contributed by atoms with E-state index in [1.807, 2.05) is 12.1 Å². The van der Waals surface area contributed by atoms with Gasteiger partial charge in [-0.2, -0.15) is 0 Å². The van der Waals surface area contributed by atoms with Gasteiger partial charge in [-0.25, -0.2) is 0 Å². The first-order valence-corrected chi connectivity index (χ1v) is 7.08.